The van der Waals surface area contributed by atoms with Gasteiger partial charge in [-0.15, -0.1) is 11.3 Å². The standard InChI is InChI=1S/C13H10Cl2N2OS/c14-8-4-7(5-9(15)6-8)12(18)17-13-16-10-2-1-3-11(10)19-13/h4-6H,1-3H2,(H,16,17,18). The highest BCUT2D eigenvalue weighted by molar-refractivity contribution is 7.16. The van der Waals surface area contributed by atoms with Crippen molar-refractivity contribution in [3.05, 3.63) is 44.4 Å². The number of aryl methyl sites for hydroxylation is 2. The molecule has 0 saturated heterocycles. The van der Waals surface area contributed by atoms with Gasteiger partial charge in [-0.2, -0.15) is 0 Å². The van der Waals surface area contributed by atoms with E-state index >= 15 is 0 Å². The van der Waals surface area contributed by atoms with Crippen LogP contribution in [0.5, 0.6) is 0 Å². The molecule has 1 N–H and O–H groups in total. The molecule has 3 nitrogen and oxygen atoms in total. The summed E-state index contributed by atoms with van der Waals surface area (Å²) < 4.78 is 0. The minimum Gasteiger partial charge on any atom is -0.298 e. The molecule has 2 aromatic rings. The Hall–Kier alpha value is -1.10. The Balaban J connectivity index is 1.80. The van der Waals surface area contributed by atoms with Crippen molar-refractivity contribution in [1.29, 1.82) is 0 Å². The van der Waals surface area contributed by atoms with Crippen LogP contribution in [-0.4, -0.2) is 10.9 Å². The first-order chi connectivity index (χ1) is 9.11. The average Bonchev–Trinajstić information content (AvgIpc) is 2.88. The zero-order chi connectivity index (χ0) is 13.4. The number of fused-ring (bicyclic) bond motifs is 1. The van der Waals surface area contributed by atoms with Crippen LogP contribution in [0, 0.1) is 0 Å². The number of carbonyl (C=O) groups is 1. The highest BCUT2D eigenvalue weighted by Crippen LogP contribution is 2.30. The lowest BCUT2D eigenvalue weighted by Gasteiger charge is -2.03. The molecule has 1 amide bonds. The molecule has 1 aromatic heterocycles. The molecule has 0 aliphatic heterocycles. The maximum absolute atomic E-state index is 12.1. The predicted octanol–water partition coefficient (Wildman–Crippen LogP) is 4.19. The van der Waals surface area contributed by atoms with Crippen LogP contribution >= 0.6 is 34.5 Å². The predicted molar refractivity (Wildman–Crippen MR) is 78.6 cm³/mol. The van der Waals surface area contributed by atoms with Crippen molar-refractivity contribution in [3.63, 3.8) is 0 Å². The molecule has 1 aromatic carbocycles. The smallest absolute Gasteiger partial charge is 0.257 e. The Morgan fingerprint density at radius 2 is 1.95 bits per heavy atom. The summed E-state index contributed by atoms with van der Waals surface area (Å²) >= 11 is 13.3. The van der Waals surface area contributed by atoms with Crippen molar-refractivity contribution in [2.45, 2.75) is 19.3 Å². The monoisotopic (exact) mass is 312 g/mol. The molecule has 0 radical (unpaired) electrons. The molecule has 0 fully saturated rings. The molecule has 0 unspecified atom stereocenters. The summed E-state index contributed by atoms with van der Waals surface area (Å²) in [6.07, 6.45) is 3.23. The highest BCUT2D eigenvalue weighted by Gasteiger charge is 2.18. The second kappa shape index (κ2) is 5.12. The van der Waals surface area contributed by atoms with Crippen LogP contribution in [0.15, 0.2) is 18.2 Å². The molecule has 0 bridgehead atoms. The van der Waals surface area contributed by atoms with Crippen molar-refractivity contribution in [1.82, 2.24) is 4.98 Å². The van der Waals surface area contributed by atoms with Gasteiger partial charge in [0.05, 0.1) is 5.69 Å². The average molecular weight is 313 g/mol. The number of hydrogen-bond donors (Lipinski definition) is 1. The largest absolute Gasteiger partial charge is 0.298 e. The third kappa shape index (κ3) is 2.76. The Morgan fingerprint density at radius 1 is 1.21 bits per heavy atom. The minimum absolute atomic E-state index is 0.239. The molecule has 0 atom stereocenters. The van der Waals surface area contributed by atoms with Crippen molar-refractivity contribution < 1.29 is 4.79 Å². The van der Waals surface area contributed by atoms with Gasteiger partial charge in [0, 0.05) is 20.5 Å². The molecule has 3 rings (SSSR count). The van der Waals surface area contributed by atoms with E-state index in [2.05, 4.69) is 10.3 Å². The summed E-state index contributed by atoms with van der Waals surface area (Å²) in [7, 11) is 0. The lowest BCUT2D eigenvalue weighted by atomic mass is 10.2. The first kappa shape index (κ1) is 12.9. The van der Waals surface area contributed by atoms with Crippen LogP contribution in [0.25, 0.3) is 0 Å². The van der Waals surface area contributed by atoms with Gasteiger partial charge in [-0.1, -0.05) is 23.2 Å². The van der Waals surface area contributed by atoms with Gasteiger partial charge in [0.15, 0.2) is 5.13 Å². The van der Waals surface area contributed by atoms with Crippen molar-refractivity contribution in [3.8, 4) is 0 Å². The summed E-state index contributed by atoms with van der Waals surface area (Å²) in [6, 6.07) is 4.77. The van der Waals surface area contributed by atoms with Gasteiger partial charge in [-0.05, 0) is 37.5 Å². The number of anilines is 1. The molecule has 0 spiro atoms. The number of amides is 1. The topological polar surface area (TPSA) is 42.0 Å². The number of rotatable bonds is 2. The summed E-state index contributed by atoms with van der Waals surface area (Å²) in [4.78, 5) is 17.8. The first-order valence-electron chi connectivity index (χ1n) is 5.88. The van der Waals surface area contributed by atoms with Crippen LogP contribution in [0.1, 0.15) is 27.3 Å². The number of nitrogens with one attached hydrogen (secondary N) is 1. The summed E-state index contributed by atoms with van der Waals surface area (Å²) in [5.41, 5.74) is 1.55. The van der Waals surface area contributed by atoms with E-state index in [1.807, 2.05) is 0 Å². The summed E-state index contributed by atoms with van der Waals surface area (Å²) in [6.45, 7) is 0. The van der Waals surface area contributed by atoms with Crippen molar-refractivity contribution >= 4 is 45.6 Å². The van der Waals surface area contributed by atoms with Crippen LogP contribution in [-0.2, 0) is 12.8 Å². The molecular weight excluding hydrogens is 303 g/mol. The number of halogens is 2. The van der Waals surface area contributed by atoms with Crippen LogP contribution < -0.4 is 5.32 Å². The normalized spacial score (nSPS) is 13.4. The molecule has 1 aliphatic carbocycles. The molecule has 19 heavy (non-hydrogen) atoms. The van der Waals surface area contributed by atoms with E-state index in [0.29, 0.717) is 20.7 Å². The number of nitrogens with zero attached hydrogens (tertiary/aromatic N) is 1. The van der Waals surface area contributed by atoms with E-state index in [4.69, 9.17) is 23.2 Å². The Morgan fingerprint density at radius 3 is 2.63 bits per heavy atom. The zero-order valence-corrected chi connectivity index (χ0v) is 12.2. The number of aromatic nitrogens is 1. The van der Waals surface area contributed by atoms with Crippen molar-refractivity contribution in [2.75, 3.05) is 5.32 Å². The number of thiazole rings is 1. The second-order valence-electron chi connectivity index (χ2n) is 4.35. The number of benzene rings is 1. The minimum atomic E-state index is -0.239. The fourth-order valence-electron chi connectivity index (χ4n) is 2.10. The molecule has 0 saturated carbocycles. The van der Waals surface area contributed by atoms with Gasteiger partial charge < -0.3 is 0 Å². The van der Waals surface area contributed by atoms with E-state index in [1.54, 1.807) is 29.5 Å². The molecule has 6 heteroatoms. The SMILES string of the molecule is O=C(Nc1nc2c(s1)CCC2)c1cc(Cl)cc(Cl)c1. The van der Waals surface area contributed by atoms with Crippen LogP contribution in [0.2, 0.25) is 10.0 Å². The van der Waals surface area contributed by atoms with E-state index in [0.717, 1.165) is 25.0 Å². The zero-order valence-electron chi connectivity index (χ0n) is 9.87. The van der Waals surface area contributed by atoms with E-state index in [9.17, 15) is 4.79 Å². The third-order valence-electron chi connectivity index (χ3n) is 2.94. The lowest BCUT2D eigenvalue weighted by molar-refractivity contribution is 0.102. The van der Waals surface area contributed by atoms with E-state index in [-0.39, 0.29) is 5.91 Å². The fourth-order valence-corrected chi connectivity index (χ4v) is 3.67. The Bertz CT molecular complexity index is 612. The summed E-state index contributed by atoms with van der Waals surface area (Å²) in [5.74, 6) is -0.239. The van der Waals surface area contributed by atoms with E-state index in [1.165, 1.54) is 4.88 Å². The highest BCUT2D eigenvalue weighted by atomic mass is 35.5. The van der Waals surface area contributed by atoms with Gasteiger partial charge in [0.25, 0.3) is 5.91 Å². The van der Waals surface area contributed by atoms with Gasteiger partial charge in [-0.3, -0.25) is 10.1 Å². The van der Waals surface area contributed by atoms with Gasteiger partial charge in [-0.25, -0.2) is 4.98 Å². The Labute approximate surface area is 124 Å². The fraction of sp³-hybridized carbons (Fsp3) is 0.231. The lowest BCUT2D eigenvalue weighted by Crippen LogP contribution is -2.11. The van der Waals surface area contributed by atoms with E-state index < -0.39 is 0 Å². The molecule has 1 heterocycles. The first-order valence-corrected chi connectivity index (χ1v) is 7.45. The summed E-state index contributed by atoms with van der Waals surface area (Å²) in [5, 5.41) is 4.33. The second-order valence-corrected chi connectivity index (χ2v) is 6.31. The van der Waals surface area contributed by atoms with Crippen LogP contribution in [0.4, 0.5) is 5.13 Å². The maximum Gasteiger partial charge on any atom is 0.257 e. The van der Waals surface area contributed by atoms with Crippen molar-refractivity contribution in [2.24, 2.45) is 0 Å². The molecular formula is C13H10Cl2N2OS. The van der Waals surface area contributed by atoms with Gasteiger partial charge in [0.1, 0.15) is 0 Å². The molecule has 1 aliphatic rings. The third-order valence-corrected chi connectivity index (χ3v) is 4.45. The Kier molecular flexibility index (Phi) is 3.48. The van der Waals surface area contributed by atoms with Gasteiger partial charge in [0.2, 0.25) is 0 Å². The number of carbonyl (C=O) groups excluding carboxylic acids is 1. The maximum atomic E-state index is 12.1. The quantitative estimate of drug-likeness (QED) is 0.903. The number of hydrogen-bond acceptors (Lipinski definition) is 3. The molecule has 98 valence electrons. The van der Waals surface area contributed by atoms with Gasteiger partial charge >= 0.3 is 0 Å². The van der Waals surface area contributed by atoms with Crippen LogP contribution in [0.3, 0.4) is 0 Å².